The molecule has 0 saturated carbocycles. The molecule has 0 atom stereocenters. The number of methoxy groups -OCH3 is 1. The highest BCUT2D eigenvalue weighted by molar-refractivity contribution is 6.32. The summed E-state index contributed by atoms with van der Waals surface area (Å²) in [6.45, 7) is 1.91. The number of hydrogen-bond acceptors (Lipinski definition) is 2. The number of ether oxygens (including phenoxy) is 1. The van der Waals surface area contributed by atoms with E-state index in [1.165, 1.54) is 0 Å². The smallest absolute Gasteiger partial charge is 0.303 e. The van der Waals surface area contributed by atoms with Crippen molar-refractivity contribution in [3.05, 3.63) is 28.3 Å². The molecule has 1 N–H and O–H groups in total. The molecular formula is C12H15ClO3. The molecule has 0 bridgehead atoms. The van der Waals surface area contributed by atoms with Gasteiger partial charge in [-0.3, -0.25) is 4.79 Å². The number of carboxylic acids is 1. The van der Waals surface area contributed by atoms with Crippen molar-refractivity contribution in [3.63, 3.8) is 0 Å². The van der Waals surface area contributed by atoms with Crippen LogP contribution in [0.1, 0.15) is 24.0 Å². The molecule has 0 saturated heterocycles. The Kier molecular flexibility index (Phi) is 4.62. The fourth-order valence-corrected chi connectivity index (χ4v) is 1.74. The first-order chi connectivity index (χ1) is 7.54. The van der Waals surface area contributed by atoms with Crippen LogP contribution < -0.4 is 4.74 Å². The molecule has 0 heterocycles. The Morgan fingerprint density at radius 1 is 1.50 bits per heavy atom. The first-order valence-corrected chi connectivity index (χ1v) is 5.47. The lowest BCUT2D eigenvalue weighted by Gasteiger charge is -2.09. The molecule has 0 amide bonds. The Labute approximate surface area is 100.0 Å². The van der Waals surface area contributed by atoms with E-state index < -0.39 is 5.97 Å². The van der Waals surface area contributed by atoms with Crippen LogP contribution in [0, 0.1) is 6.92 Å². The lowest BCUT2D eigenvalue weighted by molar-refractivity contribution is -0.137. The Balaban J connectivity index is 2.78. The zero-order chi connectivity index (χ0) is 12.1. The van der Waals surface area contributed by atoms with Gasteiger partial charge in [0.15, 0.2) is 0 Å². The molecule has 0 fully saturated rings. The summed E-state index contributed by atoms with van der Waals surface area (Å²) in [6.07, 6.45) is 1.40. The molecule has 0 spiro atoms. The average Bonchev–Trinajstić information content (AvgIpc) is 2.23. The Bertz CT molecular complexity index is 388. The second-order valence-corrected chi connectivity index (χ2v) is 4.04. The summed E-state index contributed by atoms with van der Waals surface area (Å²) in [5.74, 6) is -0.0250. The normalized spacial score (nSPS) is 10.2. The fourth-order valence-electron chi connectivity index (χ4n) is 1.54. The van der Waals surface area contributed by atoms with E-state index in [9.17, 15) is 4.79 Å². The van der Waals surface area contributed by atoms with Gasteiger partial charge in [-0.05, 0) is 43.0 Å². The molecule has 0 aliphatic heterocycles. The van der Waals surface area contributed by atoms with Crippen LogP contribution in [-0.2, 0) is 11.2 Å². The summed E-state index contributed by atoms with van der Waals surface area (Å²) in [5, 5.41) is 9.26. The van der Waals surface area contributed by atoms with Crippen molar-refractivity contribution in [3.8, 4) is 5.75 Å². The molecule has 3 nitrogen and oxygen atoms in total. The number of benzene rings is 1. The van der Waals surface area contributed by atoms with Crippen LogP contribution in [0.5, 0.6) is 5.75 Å². The van der Waals surface area contributed by atoms with Gasteiger partial charge in [0.2, 0.25) is 0 Å². The van der Waals surface area contributed by atoms with Crippen molar-refractivity contribution < 1.29 is 14.6 Å². The van der Waals surface area contributed by atoms with Crippen LogP contribution in [0.25, 0.3) is 0 Å². The minimum atomic E-state index is -0.782. The first kappa shape index (κ1) is 12.8. The zero-order valence-electron chi connectivity index (χ0n) is 9.42. The van der Waals surface area contributed by atoms with E-state index >= 15 is 0 Å². The standard InChI is InChI=1S/C12H15ClO3/c1-8-6-10(16-2)7-9(12(8)13)4-3-5-11(14)15/h6-7H,3-5H2,1-2H3,(H,14,15). The number of hydrogen-bond donors (Lipinski definition) is 1. The molecule has 0 aromatic heterocycles. The van der Waals surface area contributed by atoms with Gasteiger partial charge >= 0.3 is 5.97 Å². The van der Waals surface area contributed by atoms with Gasteiger partial charge in [0, 0.05) is 11.4 Å². The van der Waals surface area contributed by atoms with Gasteiger partial charge in [-0.1, -0.05) is 11.6 Å². The van der Waals surface area contributed by atoms with E-state index in [0.29, 0.717) is 17.9 Å². The zero-order valence-corrected chi connectivity index (χ0v) is 10.2. The summed E-state index contributed by atoms with van der Waals surface area (Å²) in [6, 6.07) is 3.72. The van der Waals surface area contributed by atoms with Crippen LogP contribution in [0.4, 0.5) is 0 Å². The Morgan fingerprint density at radius 2 is 2.19 bits per heavy atom. The molecule has 4 heteroatoms. The minimum Gasteiger partial charge on any atom is -0.497 e. The molecule has 0 radical (unpaired) electrons. The first-order valence-electron chi connectivity index (χ1n) is 5.09. The van der Waals surface area contributed by atoms with Crippen molar-refractivity contribution in [1.82, 2.24) is 0 Å². The molecule has 1 rings (SSSR count). The molecule has 0 unspecified atom stereocenters. The monoisotopic (exact) mass is 242 g/mol. The highest BCUT2D eigenvalue weighted by atomic mass is 35.5. The SMILES string of the molecule is COc1cc(C)c(Cl)c(CCCC(=O)O)c1. The molecule has 1 aromatic carbocycles. The molecule has 88 valence electrons. The number of aryl methyl sites for hydroxylation is 2. The third-order valence-corrected chi connectivity index (χ3v) is 2.92. The fraction of sp³-hybridized carbons (Fsp3) is 0.417. The van der Waals surface area contributed by atoms with Crippen molar-refractivity contribution in [2.24, 2.45) is 0 Å². The van der Waals surface area contributed by atoms with Gasteiger partial charge in [-0.15, -0.1) is 0 Å². The second-order valence-electron chi connectivity index (χ2n) is 3.66. The summed E-state index contributed by atoms with van der Waals surface area (Å²) in [4.78, 5) is 10.4. The largest absolute Gasteiger partial charge is 0.497 e. The van der Waals surface area contributed by atoms with Gasteiger partial charge < -0.3 is 9.84 Å². The Hall–Kier alpha value is -1.22. The van der Waals surface area contributed by atoms with E-state index in [2.05, 4.69) is 0 Å². The maximum atomic E-state index is 10.4. The van der Waals surface area contributed by atoms with Crippen molar-refractivity contribution in [2.45, 2.75) is 26.2 Å². The summed E-state index contributed by atoms with van der Waals surface area (Å²) < 4.78 is 5.14. The second kappa shape index (κ2) is 5.75. The number of carboxylic acid groups (broad SMARTS) is 1. The highest BCUT2D eigenvalue weighted by Gasteiger charge is 2.07. The Morgan fingerprint density at radius 3 is 2.75 bits per heavy atom. The summed E-state index contributed by atoms with van der Waals surface area (Å²) in [7, 11) is 1.60. The molecular weight excluding hydrogens is 228 g/mol. The van der Waals surface area contributed by atoms with Gasteiger partial charge in [0.05, 0.1) is 7.11 Å². The number of carbonyl (C=O) groups is 1. The lowest BCUT2D eigenvalue weighted by Crippen LogP contribution is -1.97. The topological polar surface area (TPSA) is 46.5 Å². The van der Waals surface area contributed by atoms with E-state index in [-0.39, 0.29) is 6.42 Å². The van der Waals surface area contributed by atoms with Crippen LogP contribution in [0.15, 0.2) is 12.1 Å². The summed E-state index contributed by atoms with van der Waals surface area (Å²) >= 11 is 6.13. The van der Waals surface area contributed by atoms with E-state index in [1.54, 1.807) is 7.11 Å². The minimum absolute atomic E-state index is 0.159. The van der Waals surface area contributed by atoms with Crippen LogP contribution >= 0.6 is 11.6 Å². The molecule has 1 aromatic rings. The van der Waals surface area contributed by atoms with Crippen LogP contribution in [0.2, 0.25) is 5.02 Å². The van der Waals surface area contributed by atoms with E-state index in [0.717, 1.165) is 16.9 Å². The maximum Gasteiger partial charge on any atom is 0.303 e. The highest BCUT2D eigenvalue weighted by Crippen LogP contribution is 2.27. The van der Waals surface area contributed by atoms with E-state index in [1.807, 2.05) is 19.1 Å². The predicted octanol–water partition coefficient (Wildman–Crippen LogP) is 3.06. The average molecular weight is 243 g/mol. The van der Waals surface area contributed by atoms with Gasteiger partial charge in [0.25, 0.3) is 0 Å². The van der Waals surface area contributed by atoms with Crippen molar-refractivity contribution in [2.75, 3.05) is 7.11 Å². The molecule has 16 heavy (non-hydrogen) atoms. The maximum absolute atomic E-state index is 10.4. The van der Waals surface area contributed by atoms with Crippen LogP contribution in [-0.4, -0.2) is 18.2 Å². The molecule has 0 aliphatic carbocycles. The number of halogens is 1. The summed E-state index contributed by atoms with van der Waals surface area (Å²) in [5.41, 5.74) is 1.89. The predicted molar refractivity (Wildman–Crippen MR) is 63.3 cm³/mol. The number of aliphatic carboxylic acids is 1. The molecule has 0 aliphatic rings. The van der Waals surface area contributed by atoms with Crippen LogP contribution in [0.3, 0.4) is 0 Å². The van der Waals surface area contributed by atoms with Gasteiger partial charge in [-0.25, -0.2) is 0 Å². The third kappa shape index (κ3) is 3.42. The quantitative estimate of drug-likeness (QED) is 0.863. The third-order valence-electron chi connectivity index (χ3n) is 2.38. The lowest BCUT2D eigenvalue weighted by atomic mass is 10.0. The van der Waals surface area contributed by atoms with Gasteiger partial charge in [-0.2, -0.15) is 0 Å². The number of rotatable bonds is 5. The van der Waals surface area contributed by atoms with Gasteiger partial charge in [0.1, 0.15) is 5.75 Å². The van der Waals surface area contributed by atoms with Crippen molar-refractivity contribution >= 4 is 17.6 Å². The van der Waals surface area contributed by atoms with Crippen molar-refractivity contribution in [1.29, 1.82) is 0 Å². The van der Waals surface area contributed by atoms with E-state index in [4.69, 9.17) is 21.4 Å².